The Balaban J connectivity index is 1.19. The maximum atomic E-state index is 10.4. The van der Waals surface area contributed by atoms with Gasteiger partial charge in [-0.2, -0.15) is 5.26 Å². The number of anilines is 6. The highest BCUT2D eigenvalue weighted by Gasteiger charge is 2.36. The Morgan fingerprint density at radius 2 is 1.12 bits per heavy atom. The van der Waals surface area contributed by atoms with E-state index in [-0.39, 0.29) is 5.41 Å². The van der Waals surface area contributed by atoms with Crippen molar-refractivity contribution in [2.75, 3.05) is 9.80 Å². The van der Waals surface area contributed by atoms with E-state index >= 15 is 0 Å². The van der Waals surface area contributed by atoms with Crippen molar-refractivity contribution in [3.63, 3.8) is 0 Å². The number of hydrogen-bond donors (Lipinski definition) is 0. The lowest BCUT2D eigenvalue weighted by Gasteiger charge is -2.42. The molecule has 0 spiro atoms. The zero-order valence-corrected chi connectivity index (χ0v) is 28.7. The van der Waals surface area contributed by atoms with Crippen molar-refractivity contribution < 1.29 is 0 Å². The molecule has 1 aromatic heterocycles. The zero-order chi connectivity index (χ0) is 35.1. The van der Waals surface area contributed by atoms with Crippen molar-refractivity contribution in [3.8, 4) is 22.9 Å². The fraction of sp³-hybridized carbons (Fsp3) is 0.0638. The largest absolute Gasteiger partial charge is 0.311 e. The Labute approximate surface area is 302 Å². The molecule has 0 saturated carbocycles. The molecule has 0 fully saturated rings. The molecule has 0 saturated heterocycles. The van der Waals surface area contributed by atoms with Gasteiger partial charge in [0.05, 0.1) is 57.7 Å². The van der Waals surface area contributed by atoms with Gasteiger partial charge in [0, 0.05) is 27.6 Å². The van der Waals surface area contributed by atoms with Crippen LogP contribution in [-0.4, -0.2) is 4.57 Å². The van der Waals surface area contributed by atoms with Crippen LogP contribution in [0, 0.1) is 17.9 Å². The average Bonchev–Trinajstić information content (AvgIpc) is 3.53. The van der Waals surface area contributed by atoms with Crippen LogP contribution in [0.3, 0.4) is 0 Å². The second kappa shape index (κ2) is 11.0. The average molecular weight is 666 g/mol. The molecule has 52 heavy (non-hydrogen) atoms. The predicted octanol–water partition coefficient (Wildman–Crippen LogP) is 12.8. The summed E-state index contributed by atoms with van der Waals surface area (Å²) in [5.74, 6) is 0. The smallest absolute Gasteiger partial charge is 0.189 e. The minimum atomic E-state index is -0.195. The topological polar surface area (TPSA) is 39.6 Å². The molecule has 7 aromatic carbocycles. The van der Waals surface area contributed by atoms with Crippen LogP contribution in [0.1, 0.15) is 30.5 Å². The molecule has 10 rings (SSSR count). The number of para-hydroxylation sites is 6. The fourth-order valence-electron chi connectivity index (χ4n) is 8.56. The quantitative estimate of drug-likeness (QED) is 0.176. The number of rotatable bonds is 3. The van der Waals surface area contributed by atoms with Crippen molar-refractivity contribution in [3.05, 3.63) is 180 Å². The van der Waals surface area contributed by atoms with Crippen molar-refractivity contribution in [1.29, 1.82) is 5.26 Å². The lowest BCUT2D eigenvalue weighted by atomic mass is 9.73. The van der Waals surface area contributed by atoms with E-state index in [2.05, 4.69) is 167 Å². The van der Waals surface area contributed by atoms with Crippen LogP contribution >= 0.6 is 0 Å². The van der Waals surface area contributed by atoms with Crippen molar-refractivity contribution in [2.45, 2.75) is 19.3 Å². The van der Waals surface area contributed by atoms with Gasteiger partial charge in [0.2, 0.25) is 0 Å². The Morgan fingerprint density at radius 3 is 1.83 bits per heavy atom. The minimum absolute atomic E-state index is 0.195. The highest BCUT2D eigenvalue weighted by atomic mass is 15.2. The molecule has 0 bridgehead atoms. The van der Waals surface area contributed by atoms with Gasteiger partial charge >= 0.3 is 0 Å². The molecule has 0 unspecified atom stereocenters. The summed E-state index contributed by atoms with van der Waals surface area (Å²) in [6.45, 7) is 12.7. The maximum Gasteiger partial charge on any atom is 0.189 e. The first-order chi connectivity index (χ1) is 25.5. The number of nitriles is 1. The molecule has 0 aliphatic carbocycles. The van der Waals surface area contributed by atoms with E-state index in [1.54, 1.807) is 0 Å². The third kappa shape index (κ3) is 4.14. The van der Waals surface area contributed by atoms with Crippen LogP contribution in [0.4, 0.5) is 39.8 Å². The van der Waals surface area contributed by atoms with Gasteiger partial charge in [-0.1, -0.05) is 92.7 Å². The molecule has 3 heterocycles. The molecule has 5 heteroatoms. The van der Waals surface area contributed by atoms with E-state index in [0.717, 1.165) is 62.0 Å². The Kier molecular flexibility index (Phi) is 6.28. The first kappa shape index (κ1) is 29.8. The second-order valence-corrected chi connectivity index (χ2v) is 14.1. The lowest BCUT2D eigenvalue weighted by Crippen LogP contribution is -2.30. The van der Waals surface area contributed by atoms with E-state index in [4.69, 9.17) is 6.57 Å². The lowest BCUT2D eigenvalue weighted by molar-refractivity contribution is 0.632. The molecular formula is C47H31N5. The molecule has 0 N–H and O–H groups in total. The third-order valence-corrected chi connectivity index (χ3v) is 10.8. The summed E-state index contributed by atoms with van der Waals surface area (Å²) in [6, 6.07) is 55.2. The number of benzene rings is 7. The summed E-state index contributed by atoms with van der Waals surface area (Å²) >= 11 is 0. The fourth-order valence-corrected chi connectivity index (χ4v) is 8.56. The Hall–Kier alpha value is -7.08. The number of nitrogens with zero attached hydrogens (tertiary/aromatic N) is 5. The molecule has 2 aliphatic rings. The normalized spacial score (nSPS) is 13.6. The minimum Gasteiger partial charge on any atom is -0.311 e. The summed E-state index contributed by atoms with van der Waals surface area (Å²) in [6.07, 6.45) is 0. The summed E-state index contributed by atoms with van der Waals surface area (Å²) in [7, 11) is 0. The summed E-state index contributed by atoms with van der Waals surface area (Å²) in [4.78, 5) is 8.51. The highest BCUT2D eigenvalue weighted by molar-refractivity contribution is 6.16. The van der Waals surface area contributed by atoms with Crippen molar-refractivity contribution >= 4 is 61.6 Å². The van der Waals surface area contributed by atoms with Gasteiger partial charge in [-0.05, 0) is 95.1 Å². The molecule has 2 aliphatic heterocycles. The van der Waals surface area contributed by atoms with Crippen molar-refractivity contribution in [2.24, 2.45) is 0 Å². The number of fused-ring (bicyclic) bond motifs is 7. The van der Waals surface area contributed by atoms with Gasteiger partial charge in [0.1, 0.15) is 0 Å². The predicted molar refractivity (Wildman–Crippen MR) is 212 cm³/mol. The molecule has 0 amide bonds. The van der Waals surface area contributed by atoms with Crippen molar-refractivity contribution in [1.82, 2.24) is 4.57 Å². The van der Waals surface area contributed by atoms with Crippen LogP contribution in [0.25, 0.3) is 43.5 Å². The first-order valence-corrected chi connectivity index (χ1v) is 17.5. The second-order valence-electron chi connectivity index (χ2n) is 14.1. The molecular weight excluding hydrogens is 635 g/mol. The van der Waals surface area contributed by atoms with Gasteiger partial charge < -0.3 is 14.4 Å². The molecule has 0 atom stereocenters. The van der Waals surface area contributed by atoms with Gasteiger partial charge in [-0.25, -0.2) is 4.85 Å². The van der Waals surface area contributed by atoms with Gasteiger partial charge in [-0.15, -0.1) is 0 Å². The van der Waals surface area contributed by atoms with Crippen LogP contribution in [0.15, 0.2) is 152 Å². The van der Waals surface area contributed by atoms with Gasteiger partial charge in [-0.3, -0.25) is 0 Å². The summed E-state index contributed by atoms with van der Waals surface area (Å²) in [5, 5.41) is 12.8. The van der Waals surface area contributed by atoms with Crippen LogP contribution in [-0.2, 0) is 5.41 Å². The summed E-state index contributed by atoms with van der Waals surface area (Å²) in [5.41, 5.74) is 14.5. The number of aromatic nitrogens is 1. The van der Waals surface area contributed by atoms with Crippen LogP contribution in [0.2, 0.25) is 0 Å². The molecule has 244 valence electrons. The summed E-state index contributed by atoms with van der Waals surface area (Å²) < 4.78 is 2.36. The molecule has 5 nitrogen and oxygen atoms in total. The monoisotopic (exact) mass is 665 g/mol. The maximum absolute atomic E-state index is 10.4. The number of hydrogen-bond acceptors (Lipinski definition) is 3. The van der Waals surface area contributed by atoms with E-state index in [9.17, 15) is 5.26 Å². The molecule has 0 radical (unpaired) electrons. The van der Waals surface area contributed by atoms with E-state index in [0.29, 0.717) is 11.3 Å². The third-order valence-electron chi connectivity index (χ3n) is 10.8. The van der Waals surface area contributed by atoms with E-state index in [1.807, 2.05) is 24.3 Å². The van der Waals surface area contributed by atoms with E-state index < -0.39 is 0 Å². The Morgan fingerprint density at radius 1 is 0.558 bits per heavy atom. The Bertz CT molecular complexity index is 2830. The van der Waals surface area contributed by atoms with Gasteiger partial charge in [0.15, 0.2) is 5.69 Å². The SMILES string of the molecule is [C-]#[N+]c1cc(-c2cc(C#N)cc(N3c4ccccc4-n4c5ccccc5c5cccc3c54)c2)cc(N2c3ccccc3C(C)(C)c3ccccc32)c1. The van der Waals surface area contributed by atoms with Crippen LogP contribution < -0.4 is 9.80 Å². The standard InChI is InChI=1S/C47H31N5/c1-47(2)38-15-5-8-18-41(38)50(42-19-9-6-16-39(42)47)35-27-32(25-33(28-35)49-3)31-23-30(29-48)24-34(26-31)51-43-20-10-11-21-44(43)52-40-17-7-4-13-36(40)37-14-12-22-45(51)46(37)52/h4-28H,1-2H3. The zero-order valence-electron chi connectivity index (χ0n) is 28.7. The first-order valence-electron chi connectivity index (χ1n) is 17.5. The highest BCUT2D eigenvalue weighted by Crippen LogP contribution is 2.53. The van der Waals surface area contributed by atoms with Gasteiger partial charge in [0.25, 0.3) is 0 Å². The van der Waals surface area contributed by atoms with Crippen LogP contribution in [0.5, 0.6) is 0 Å². The molecule has 8 aromatic rings. The van der Waals surface area contributed by atoms with E-state index in [1.165, 1.54) is 21.9 Å².